The number of thioether (sulfide) groups is 1. The average Bonchev–Trinajstić information content (AvgIpc) is 2.57. The molecule has 2 N–H and O–H groups in total. The molecular formula is C18H27ClN2O2S. The highest BCUT2D eigenvalue weighted by Gasteiger charge is 2.12. The Bertz CT molecular complexity index is 538. The largest absolute Gasteiger partial charge is 0.352 e. The lowest BCUT2D eigenvalue weighted by Gasteiger charge is -2.12. The monoisotopic (exact) mass is 370 g/mol. The third-order valence-electron chi connectivity index (χ3n) is 3.42. The van der Waals surface area contributed by atoms with Crippen LogP contribution in [0.2, 0.25) is 0 Å². The first-order valence-electron chi connectivity index (χ1n) is 8.53. The summed E-state index contributed by atoms with van der Waals surface area (Å²) in [5.74, 6) is 1.32. The van der Waals surface area contributed by atoms with Gasteiger partial charge in [0.25, 0.3) is 5.91 Å². The van der Waals surface area contributed by atoms with Gasteiger partial charge in [0.1, 0.15) is 0 Å². The van der Waals surface area contributed by atoms with Crippen LogP contribution in [0.1, 0.15) is 56.3 Å². The van der Waals surface area contributed by atoms with E-state index < -0.39 is 0 Å². The highest BCUT2D eigenvalue weighted by Crippen LogP contribution is 2.28. The second kappa shape index (κ2) is 12.2. The molecule has 0 radical (unpaired) electrons. The van der Waals surface area contributed by atoms with E-state index in [4.69, 9.17) is 11.6 Å². The van der Waals surface area contributed by atoms with Crippen molar-refractivity contribution in [2.75, 3.05) is 23.5 Å². The molecule has 0 aliphatic carbocycles. The maximum atomic E-state index is 12.2. The molecule has 0 bridgehead atoms. The Labute approximate surface area is 154 Å². The van der Waals surface area contributed by atoms with Crippen molar-refractivity contribution < 1.29 is 9.59 Å². The number of carbonyl (C=O) groups excluding carboxylic acids is 2. The second-order valence-corrected chi connectivity index (χ2v) is 7.13. The van der Waals surface area contributed by atoms with Gasteiger partial charge >= 0.3 is 0 Å². The standard InChI is InChI=1S/C18H27ClN2O2S/c1-3-5-12-20-18(23)14-9-10-16(24-4-2)15(13-14)21-17(22)8-6-7-11-19/h9-10,13H,3-8,11-12H2,1-2H3,(H,20,23)(H,21,22). The molecule has 0 fully saturated rings. The van der Waals surface area contributed by atoms with Crippen LogP contribution in [0.15, 0.2) is 23.1 Å². The SMILES string of the molecule is CCCCNC(=O)c1ccc(SCC)c(NC(=O)CCCCCl)c1. The number of alkyl halides is 1. The molecule has 0 heterocycles. The summed E-state index contributed by atoms with van der Waals surface area (Å²) in [5.41, 5.74) is 1.28. The topological polar surface area (TPSA) is 58.2 Å². The predicted molar refractivity (Wildman–Crippen MR) is 103 cm³/mol. The Morgan fingerprint density at radius 2 is 1.96 bits per heavy atom. The molecule has 6 heteroatoms. The Morgan fingerprint density at radius 3 is 2.62 bits per heavy atom. The average molecular weight is 371 g/mol. The van der Waals surface area contributed by atoms with E-state index in [0.29, 0.717) is 30.1 Å². The first-order chi connectivity index (χ1) is 11.6. The quantitative estimate of drug-likeness (QED) is 0.338. The number of anilines is 1. The van der Waals surface area contributed by atoms with Gasteiger partial charge in [-0.1, -0.05) is 20.3 Å². The van der Waals surface area contributed by atoms with E-state index in [1.807, 2.05) is 12.1 Å². The molecule has 24 heavy (non-hydrogen) atoms. The van der Waals surface area contributed by atoms with Crippen LogP contribution in [0.5, 0.6) is 0 Å². The number of benzene rings is 1. The Kier molecular flexibility index (Phi) is 10.6. The summed E-state index contributed by atoms with van der Waals surface area (Å²) < 4.78 is 0. The van der Waals surface area contributed by atoms with E-state index in [2.05, 4.69) is 24.5 Å². The van der Waals surface area contributed by atoms with Crippen LogP contribution in [0.25, 0.3) is 0 Å². The lowest BCUT2D eigenvalue weighted by atomic mass is 10.1. The number of nitrogens with one attached hydrogen (secondary N) is 2. The van der Waals surface area contributed by atoms with E-state index in [9.17, 15) is 9.59 Å². The molecule has 134 valence electrons. The second-order valence-electron chi connectivity index (χ2n) is 5.45. The number of hydrogen-bond donors (Lipinski definition) is 2. The van der Waals surface area contributed by atoms with Crippen molar-refractivity contribution in [2.24, 2.45) is 0 Å². The fourth-order valence-corrected chi connectivity index (χ4v) is 3.05. The Balaban J connectivity index is 2.79. The summed E-state index contributed by atoms with van der Waals surface area (Å²) in [7, 11) is 0. The molecule has 0 saturated heterocycles. The molecule has 1 rings (SSSR count). The van der Waals surface area contributed by atoms with Gasteiger partial charge in [0.15, 0.2) is 0 Å². The molecule has 0 aromatic heterocycles. The molecule has 1 aromatic carbocycles. The first-order valence-corrected chi connectivity index (χ1v) is 10.0. The molecule has 0 aliphatic heterocycles. The van der Waals surface area contributed by atoms with Crippen LogP contribution in [-0.4, -0.2) is 30.0 Å². The lowest BCUT2D eigenvalue weighted by Crippen LogP contribution is -2.24. The third kappa shape index (κ3) is 7.58. The molecule has 4 nitrogen and oxygen atoms in total. The van der Waals surface area contributed by atoms with Crippen LogP contribution >= 0.6 is 23.4 Å². The lowest BCUT2D eigenvalue weighted by molar-refractivity contribution is -0.116. The molecule has 0 unspecified atom stereocenters. The Hall–Kier alpha value is -1.20. The van der Waals surface area contributed by atoms with Crippen molar-refractivity contribution in [3.05, 3.63) is 23.8 Å². The number of unbranched alkanes of at least 4 members (excludes halogenated alkanes) is 2. The van der Waals surface area contributed by atoms with Gasteiger partial charge in [0.2, 0.25) is 5.91 Å². The summed E-state index contributed by atoms with van der Waals surface area (Å²) in [6, 6.07) is 5.47. The summed E-state index contributed by atoms with van der Waals surface area (Å²) >= 11 is 7.29. The van der Waals surface area contributed by atoms with Crippen molar-refractivity contribution in [2.45, 2.75) is 50.8 Å². The molecule has 0 spiro atoms. The molecule has 0 saturated carbocycles. The van der Waals surface area contributed by atoms with Crippen molar-refractivity contribution in [1.82, 2.24) is 5.32 Å². The number of rotatable bonds is 11. The van der Waals surface area contributed by atoms with Crippen LogP contribution < -0.4 is 10.6 Å². The van der Waals surface area contributed by atoms with Gasteiger partial charge < -0.3 is 10.6 Å². The molecule has 2 amide bonds. The van der Waals surface area contributed by atoms with E-state index in [1.54, 1.807) is 17.8 Å². The van der Waals surface area contributed by atoms with E-state index >= 15 is 0 Å². The fraction of sp³-hybridized carbons (Fsp3) is 0.556. The molecule has 0 atom stereocenters. The number of halogens is 1. The van der Waals surface area contributed by atoms with Crippen molar-refractivity contribution in [1.29, 1.82) is 0 Å². The zero-order valence-electron chi connectivity index (χ0n) is 14.5. The van der Waals surface area contributed by atoms with Gasteiger partial charge in [-0.15, -0.1) is 23.4 Å². The number of amides is 2. The summed E-state index contributed by atoms with van der Waals surface area (Å²) in [4.78, 5) is 25.2. The van der Waals surface area contributed by atoms with E-state index in [0.717, 1.165) is 36.3 Å². The summed E-state index contributed by atoms with van der Waals surface area (Å²) in [6.45, 7) is 4.81. The van der Waals surface area contributed by atoms with Crippen LogP contribution in [0.3, 0.4) is 0 Å². The fourth-order valence-electron chi connectivity index (χ4n) is 2.12. The van der Waals surface area contributed by atoms with Crippen LogP contribution in [0, 0.1) is 0 Å². The minimum atomic E-state index is -0.103. The number of hydrogen-bond acceptors (Lipinski definition) is 3. The van der Waals surface area contributed by atoms with Crippen molar-refractivity contribution >= 4 is 40.9 Å². The Morgan fingerprint density at radius 1 is 1.17 bits per heavy atom. The number of carbonyl (C=O) groups is 2. The minimum Gasteiger partial charge on any atom is -0.352 e. The van der Waals surface area contributed by atoms with Gasteiger partial charge in [-0.2, -0.15) is 0 Å². The maximum absolute atomic E-state index is 12.2. The van der Waals surface area contributed by atoms with Crippen molar-refractivity contribution in [3.8, 4) is 0 Å². The van der Waals surface area contributed by atoms with Crippen LogP contribution in [-0.2, 0) is 4.79 Å². The first kappa shape index (κ1) is 20.8. The van der Waals surface area contributed by atoms with Gasteiger partial charge in [0, 0.05) is 29.3 Å². The molecule has 1 aromatic rings. The summed E-state index contributed by atoms with van der Waals surface area (Å²) in [5, 5.41) is 5.83. The van der Waals surface area contributed by atoms with E-state index in [1.165, 1.54) is 0 Å². The third-order valence-corrected chi connectivity index (χ3v) is 4.64. The molecular weight excluding hydrogens is 344 g/mol. The molecule has 0 aliphatic rings. The highest BCUT2D eigenvalue weighted by molar-refractivity contribution is 7.99. The van der Waals surface area contributed by atoms with E-state index in [-0.39, 0.29) is 11.8 Å². The van der Waals surface area contributed by atoms with Crippen LogP contribution in [0.4, 0.5) is 5.69 Å². The normalized spacial score (nSPS) is 10.5. The maximum Gasteiger partial charge on any atom is 0.251 e. The highest BCUT2D eigenvalue weighted by atomic mass is 35.5. The van der Waals surface area contributed by atoms with Gasteiger partial charge in [-0.05, 0) is 43.2 Å². The van der Waals surface area contributed by atoms with Gasteiger partial charge in [0.05, 0.1) is 5.69 Å². The predicted octanol–water partition coefficient (Wildman–Crippen LogP) is 4.68. The van der Waals surface area contributed by atoms with Crippen molar-refractivity contribution in [3.63, 3.8) is 0 Å². The summed E-state index contributed by atoms with van der Waals surface area (Å²) in [6.07, 6.45) is 4.03. The smallest absolute Gasteiger partial charge is 0.251 e. The zero-order valence-corrected chi connectivity index (χ0v) is 16.1. The minimum absolute atomic E-state index is 0.0402. The van der Waals surface area contributed by atoms with Gasteiger partial charge in [-0.3, -0.25) is 9.59 Å². The zero-order chi connectivity index (χ0) is 17.8. The van der Waals surface area contributed by atoms with Gasteiger partial charge in [-0.25, -0.2) is 0 Å².